The first-order valence-electron chi connectivity index (χ1n) is 7.77. The third kappa shape index (κ3) is 3.05. The summed E-state index contributed by atoms with van der Waals surface area (Å²) in [6.45, 7) is 2.07. The van der Waals surface area contributed by atoms with Crippen LogP contribution in [0.1, 0.15) is 11.3 Å². The summed E-state index contributed by atoms with van der Waals surface area (Å²) in [6.07, 6.45) is 3.59. The number of benzene rings is 2. The molecule has 0 atom stereocenters. The van der Waals surface area contributed by atoms with E-state index in [-0.39, 0.29) is 0 Å². The number of para-hydroxylation sites is 1. The molecule has 0 saturated carbocycles. The number of fused-ring (bicyclic) bond motifs is 1. The fourth-order valence-electron chi connectivity index (χ4n) is 2.55. The zero-order valence-electron chi connectivity index (χ0n) is 13.3. The minimum absolute atomic E-state index is 0.671. The first-order chi connectivity index (χ1) is 11.8. The average molecular weight is 332 g/mol. The third-order valence-corrected chi connectivity index (χ3v) is 4.94. The molecule has 0 unspecified atom stereocenters. The van der Waals surface area contributed by atoms with Crippen molar-refractivity contribution >= 4 is 22.7 Å². The van der Waals surface area contributed by atoms with Gasteiger partial charge < -0.3 is 4.42 Å². The summed E-state index contributed by atoms with van der Waals surface area (Å²) < 4.78 is 5.63. The van der Waals surface area contributed by atoms with E-state index in [0.29, 0.717) is 5.89 Å². The molecule has 0 amide bonds. The summed E-state index contributed by atoms with van der Waals surface area (Å²) in [5.74, 6) is 1.44. The Morgan fingerprint density at radius 2 is 1.83 bits per heavy atom. The average Bonchev–Trinajstić information content (AvgIpc) is 3.09. The number of oxazole rings is 1. The summed E-state index contributed by atoms with van der Waals surface area (Å²) in [5.41, 5.74) is 4.19. The Morgan fingerprint density at radius 3 is 2.71 bits per heavy atom. The highest BCUT2D eigenvalue weighted by atomic mass is 32.2. The fraction of sp³-hybridized carbons (Fsp3) is 0.100. The van der Waals surface area contributed by atoms with E-state index in [1.54, 1.807) is 18.0 Å². The number of nitrogens with zero attached hydrogens (tertiary/aromatic N) is 2. The van der Waals surface area contributed by atoms with Gasteiger partial charge >= 0.3 is 0 Å². The number of hydrogen-bond acceptors (Lipinski definition) is 4. The van der Waals surface area contributed by atoms with E-state index < -0.39 is 0 Å². The molecule has 3 nitrogen and oxygen atoms in total. The minimum atomic E-state index is 0.671. The molecule has 0 N–H and O–H groups in total. The lowest BCUT2D eigenvalue weighted by atomic mass is 10.1. The lowest BCUT2D eigenvalue weighted by Gasteiger charge is -2.03. The van der Waals surface area contributed by atoms with Crippen LogP contribution < -0.4 is 0 Å². The Morgan fingerprint density at radius 1 is 1.00 bits per heavy atom. The van der Waals surface area contributed by atoms with Gasteiger partial charge in [-0.25, -0.2) is 4.98 Å². The van der Waals surface area contributed by atoms with Crippen molar-refractivity contribution in [3.63, 3.8) is 0 Å². The van der Waals surface area contributed by atoms with Crippen molar-refractivity contribution in [2.75, 3.05) is 0 Å². The molecular weight excluding hydrogens is 316 g/mol. The Labute approximate surface area is 144 Å². The molecule has 0 spiro atoms. The van der Waals surface area contributed by atoms with Crippen LogP contribution in [0.3, 0.4) is 0 Å². The van der Waals surface area contributed by atoms with Crippen LogP contribution >= 0.6 is 11.8 Å². The maximum atomic E-state index is 5.63. The Kier molecular flexibility index (Phi) is 4.05. The summed E-state index contributed by atoms with van der Waals surface area (Å²) in [7, 11) is 0. The van der Waals surface area contributed by atoms with E-state index >= 15 is 0 Å². The van der Waals surface area contributed by atoms with Crippen molar-refractivity contribution in [1.29, 1.82) is 0 Å². The summed E-state index contributed by atoms with van der Waals surface area (Å²) in [5, 5.41) is 1.17. The number of aryl methyl sites for hydroxylation is 1. The molecule has 0 aliphatic rings. The summed E-state index contributed by atoms with van der Waals surface area (Å²) in [6, 6.07) is 18.4. The molecule has 2 heterocycles. The van der Waals surface area contributed by atoms with Crippen LogP contribution in [-0.4, -0.2) is 9.97 Å². The molecule has 2 aromatic carbocycles. The van der Waals surface area contributed by atoms with Crippen LogP contribution in [0, 0.1) is 6.92 Å². The highest BCUT2D eigenvalue weighted by molar-refractivity contribution is 7.98. The fourth-order valence-corrected chi connectivity index (χ4v) is 3.47. The van der Waals surface area contributed by atoms with Gasteiger partial charge in [0.15, 0.2) is 0 Å². The predicted molar refractivity (Wildman–Crippen MR) is 98.0 cm³/mol. The standard InChI is InChI=1S/C20H16N2OS/c1-14-6-8-15(9-7-14)20-22-16(12-23-20)13-24-19-10-11-21-18-5-3-2-4-17(18)19/h2-12H,13H2,1H3. The number of pyridine rings is 1. The van der Waals surface area contributed by atoms with Gasteiger partial charge in [0.05, 0.1) is 11.2 Å². The van der Waals surface area contributed by atoms with Crippen LogP contribution in [-0.2, 0) is 5.75 Å². The van der Waals surface area contributed by atoms with Crippen LogP contribution in [0.4, 0.5) is 0 Å². The van der Waals surface area contributed by atoms with Crippen molar-refractivity contribution in [1.82, 2.24) is 9.97 Å². The Balaban J connectivity index is 1.53. The van der Waals surface area contributed by atoms with Crippen LogP contribution in [0.25, 0.3) is 22.4 Å². The molecule has 0 fully saturated rings. The van der Waals surface area contributed by atoms with Crippen molar-refractivity contribution < 1.29 is 4.42 Å². The summed E-state index contributed by atoms with van der Waals surface area (Å²) in [4.78, 5) is 10.2. The maximum absolute atomic E-state index is 5.63. The van der Waals surface area contributed by atoms with E-state index in [0.717, 1.165) is 22.5 Å². The van der Waals surface area contributed by atoms with Crippen molar-refractivity contribution in [3.8, 4) is 11.5 Å². The first kappa shape index (κ1) is 15.0. The van der Waals surface area contributed by atoms with E-state index in [1.165, 1.54) is 15.8 Å². The molecule has 0 aliphatic carbocycles. The van der Waals surface area contributed by atoms with E-state index in [4.69, 9.17) is 4.42 Å². The minimum Gasteiger partial charge on any atom is -0.444 e. The zero-order chi connectivity index (χ0) is 16.4. The van der Waals surface area contributed by atoms with Gasteiger partial charge in [0.25, 0.3) is 0 Å². The van der Waals surface area contributed by atoms with E-state index in [2.05, 4.69) is 35.1 Å². The SMILES string of the molecule is Cc1ccc(-c2nc(CSc3ccnc4ccccc34)co2)cc1. The molecule has 118 valence electrons. The molecule has 4 heteroatoms. The van der Waals surface area contributed by atoms with Gasteiger partial charge in [-0.3, -0.25) is 4.98 Å². The highest BCUT2D eigenvalue weighted by Crippen LogP contribution is 2.29. The van der Waals surface area contributed by atoms with E-state index in [1.807, 2.05) is 42.6 Å². The molecule has 0 bridgehead atoms. The van der Waals surface area contributed by atoms with Crippen LogP contribution in [0.5, 0.6) is 0 Å². The molecule has 24 heavy (non-hydrogen) atoms. The normalized spacial score (nSPS) is 11.0. The Hall–Kier alpha value is -2.59. The molecule has 4 rings (SSSR count). The van der Waals surface area contributed by atoms with Crippen LogP contribution in [0.2, 0.25) is 0 Å². The van der Waals surface area contributed by atoms with Gasteiger partial charge in [-0.2, -0.15) is 0 Å². The highest BCUT2D eigenvalue weighted by Gasteiger charge is 2.08. The molecule has 0 aliphatic heterocycles. The number of aromatic nitrogens is 2. The van der Waals surface area contributed by atoms with E-state index in [9.17, 15) is 0 Å². The second kappa shape index (κ2) is 6.49. The largest absolute Gasteiger partial charge is 0.444 e. The van der Waals surface area contributed by atoms with Gasteiger partial charge in [-0.05, 0) is 31.2 Å². The molecule has 0 radical (unpaired) electrons. The second-order valence-electron chi connectivity index (χ2n) is 5.62. The second-order valence-corrected chi connectivity index (χ2v) is 6.64. The lowest BCUT2D eigenvalue weighted by Crippen LogP contribution is -1.85. The smallest absolute Gasteiger partial charge is 0.226 e. The van der Waals surface area contributed by atoms with Gasteiger partial charge in [0, 0.05) is 27.8 Å². The third-order valence-electron chi connectivity index (χ3n) is 3.83. The van der Waals surface area contributed by atoms with Crippen molar-refractivity contribution in [3.05, 3.63) is 78.3 Å². The Bertz CT molecular complexity index is 971. The van der Waals surface area contributed by atoms with Crippen LogP contribution in [0.15, 0.2) is 76.4 Å². The molecule has 4 aromatic rings. The predicted octanol–water partition coefficient (Wildman–Crippen LogP) is 5.49. The summed E-state index contributed by atoms with van der Waals surface area (Å²) >= 11 is 1.75. The first-order valence-corrected chi connectivity index (χ1v) is 8.76. The zero-order valence-corrected chi connectivity index (χ0v) is 14.1. The number of rotatable bonds is 4. The van der Waals surface area contributed by atoms with Crippen molar-refractivity contribution in [2.24, 2.45) is 0 Å². The number of thioether (sulfide) groups is 1. The monoisotopic (exact) mass is 332 g/mol. The molecular formula is C20H16N2OS. The maximum Gasteiger partial charge on any atom is 0.226 e. The van der Waals surface area contributed by atoms with Gasteiger partial charge in [-0.15, -0.1) is 11.8 Å². The van der Waals surface area contributed by atoms with Gasteiger partial charge in [0.1, 0.15) is 6.26 Å². The van der Waals surface area contributed by atoms with Crippen molar-refractivity contribution in [2.45, 2.75) is 17.6 Å². The van der Waals surface area contributed by atoms with Gasteiger partial charge in [-0.1, -0.05) is 35.9 Å². The van der Waals surface area contributed by atoms with Gasteiger partial charge in [0.2, 0.25) is 5.89 Å². The molecule has 2 aromatic heterocycles. The number of hydrogen-bond donors (Lipinski definition) is 0. The lowest BCUT2D eigenvalue weighted by molar-refractivity contribution is 0.573. The molecule has 0 saturated heterocycles. The quantitative estimate of drug-likeness (QED) is 0.463. The topological polar surface area (TPSA) is 38.9 Å².